The number of carbonyl (C=O) groups excluding carboxylic acids is 1. The quantitative estimate of drug-likeness (QED) is 0.862. The molecule has 1 aliphatic heterocycles. The van der Waals surface area contributed by atoms with Crippen LogP contribution in [0.2, 0.25) is 0 Å². The Morgan fingerprint density at radius 1 is 1.29 bits per heavy atom. The van der Waals surface area contributed by atoms with E-state index < -0.39 is 0 Å². The number of nitrogens with zero attached hydrogens (tertiary/aromatic N) is 3. The summed E-state index contributed by atoms with van der Waals surface area (Å²) in [5.41, 5.74) is 8.18. The monoisotopic (exact) mass is 302 g/mol. The molecule has 2 heterocycles. The summed E-state index contributed by atoms with van der Waals surface area (Å²) in [4.78, 5) is 20.9. The van der Waals surface area contributed by atoms with E-state index in [1.807, 2.05) is 29.5 Å². The van der Waals surface area contributed by atoms with Crippen molar-refractivity contribution >= 4 is 28.1 Å². The van der Waals surface area contributed by atoms with Gasteiger partial charge < -0.3 is 15.5 Å². The first kappa shape index (κ1) is 13.9. The second-order valence-corrected chi connectivity index (χ2v) is 6.04. The van der Waals surface area contributed by atoms with Crippen LogP contribution in [0.15, 0.2) is 29.8 Å². The average Bonchev–Trinajstić information content (AvgIpc) is 3.04. The molecule has 1 aliphatic rings. The Bertz CT molecular complexity index is 633. The Hall–Kier alpha value is -2.08. The van der Waals surface area contributed by atoms with Crippen molar-refractivity contribution in [3.05, 3.63) is 40.9 Å². The Labute approximate surface area is 128 Å². The topological polar surface area (TPSA) is 62.5 Å². The molecule has 1 saturated heterocycles. The maximum atomic E-state index is 12.5. The molecule has 21 heavy (non-hydrogen) atoms. The van der Waals surface area contributed by atoms with Crippen LogP contribution in [0.4, 0.5) is 10.8 Å². The maximum absolute atomic E-state index is 12.5. The van der Waals surface area contributed by atoms with Crippen molar-refractivity contribution in [2.45, 2.75) is 6.92 Å². The van der Waals surface area contributed by atoms with E-state index in [1.54, 1.807) is 23.5 Å². The van der Waals surface area contributed by atoms with Crippen LogP contribution < -0.4 is 10.6 Å². The standard InChI is InChI=1S/C15H18N4OS/c1-11-10-12(2-3-13(11)16)14(20)18-5-7-19(8-6-18)15-17-4-9-21-15/h2-4,9-10H,5-8,16H2,1H3. The molecule has 0 unspecified atom stereocenters. The average molecular weight is 302 g/mol. The first-order valence-corrected chi connectivity index (χ1v) is 7.83. The highest BCUT2D eigenvalue weighted by Gasteiger charge is 2.23. The molecule has 110 valence electrons. The number of nitrogens with two attached hydrogens (primary N) is 1. The molecule has 2 N–H and O–H groups in total. The third kappa shape index (κ3) is 2.85. The lowest BCUT2D eigenvalue weighted by Crippen LogP contribution is -2.48. The molecule has 6 heteroatoms. The molecule has 0 radical (unpaired) electrons. The second kappa shape index (κ2) is 5.73. The van der Waals surface area contributed by atoms with Gasteiger partial charge in [-0.15, -0.1) is 11.3 Å². The van der Waals surface area contributed by atoms with E-state index in [0.29, 0.717) is 5.56 Å². The lowest BCUT2D eigenvalue weighted by Gasteiger charge is -2.34. The number of rotatable bonds is 2. The minimum atomic E-state index is 0.0805. The fraction of sp³-hybridized carbons (Fsp3) is 0.333. The summed E-state index contributed by atoms with van der Waals surface area (Å²) in [6, 6.07) is 5.47. The van der Waals surface area contributed by atoms with Gasteiger partial charge in [-0.1, -0.05) is 0 Å². The van der Waals surface area contributed by atoms with Gasteiger partial charge in [-0.2, -0.15) is 0 Å². The van der Waals surface area contributed by atoms with Crippen LogP contribution in [0.3, 0.4) is 0 Å². The number of benzene rings is 1. The van der Waals surface area contributed by atoms with Crippen LogP contribution >= 0.6 is 11.3 Å². The predicted octanol–water partition coefficient (Wildman–Crippen LogP) is 2.00. The van der Waals surface area contributed by atoms with E-state index in [2.05, 4.69) is 9.88 Å². The van der Waals surface area contributed by atoms with Gasteiger partial charge in [0.05, 0.1) is 0 Å². The zero-order valence-corrected chi connectivity index (χ0v) is 12.8. The molecule has 0 atom stereocenters. The van der Waals surface area contributed by atoms with E-state index in [0.717, 1.165) is 42.6 Å². The van der Waals surface area contributed by atoms with Gasteiger partial charge in [0.15, 0.2) is 5.13 Å². The molecule has 3 rings (SSSR count). The summed E-state index contributed by atoms with van der Waals surface area (Å²) in [5, 5.41) is 3.01. The summed E-state index contributed by atoms with van der Waals surface area (Å²) >= 11 is 1.64. The van der Waals surface area contributed by atoms with Gasteiger partial charge in [-0.05, 0) is 30.7 Å². The Balaban J connectivity index is 1.66. The molecule has 1 fully saturated rings. The van der Waals surface area contributed by atoms with Crippen LogP contribution in [0.25, 0.3) is 0 Å². The van der Waals surface area contributed by atoms with Crippen molar-refractivity contribution in [2.24, 2.45) is 0 Å². The highest BCUT2D eigenvalue weighted by molar-refractivity contribution is 7.13. The van der Waals surface area contributed by atoms with Gasteiger partial charge in [-0.25, -0.2) is 4.98 Å². The van der Waals surface area contributed by atoms with E-state index in [4.69, 9.17) is 5.73 Å². The van der Waals surface area contributed by atoms with Crippen molar-refractivity contribution in [1.29, 1.82) is 0 Å². The van der Waals surface area contributed by atoms with Crippen LogP contribution in [0, 0.1) is 6.92 Å². The van der Waals surface area contributed by atoms with Crippen LogP contribution in [0.1, 0.15) is 15.9 Å². The van der Waals surface area contributed by atoms with Crippen molar-refractivity contribution in [3.63, 3.8) is 0 Å². The number of aryl methyl sites for hydroxylation is 1. The number of aromatic nitrogens is 1. The second-order valence-electron chi connectivity index (χ2n) is 5.17. The van der Waals surface area contributed by atoms with E-state index in [9.17, 15) is 4.79 Å². The summed E-state index contributed by atoms with van der Waals surface area (Å²) in [6.45, 7) is 5.02. The zero-order valence-electron chi connectivity index (χ0n) is 12.0. The number of piperazine rings is 1. The van der Waals surface area contributed by atoms with Crippen molar-refractivity contribution in [1.82, 2.24) is 9.88 Å². The summed E-state index contributed by atoms with van der Waals surface area (Å²) in [7, 11) is 0. The lowest BCUT2D eigenvalue weighted by molar-refractivity contribution is 0.0746. The van der Waals surface area contributed by atoms with E-state index >= 15 is 0 Å². The largest absolute Gasteiger partial charge is 0.399 e. The van der Waals surface area contributed by atoms with Crippen molar-refractivity contribution in [2.75, 3.05) is 36.8 Å². The Morgan fingerprint density at radius 2 is 2.05 bits per heavy atom. The molecule has 1 aromatic heterocycles. The molecule has 0 spiro atoms. The third-order valence-electron chi connectivity index (χ3n) is 3.77. The smallest absolute Gasteiger partial charge is 0.253 e. The first-order valence-electron chi connectivity index (χ1n) is 6.95. The van der Waals surface area contributed by atoms with Crippen molar-refractivity contribution < 1.29 is 4.79 Å². The molecule has 0 bridgehead atoms. The predicted molar refractivity (Wildman–Crippen MR) is 85.8 cm³/mol. The molecular formula is C15H18N4OS. The normalized spacial score (nSPS) is 15.3. The summed E-state index contributed by atoms with van der Waals surface area (Å²) < 4.78 is 0. The molecule has 0 aliphatic carbocycles. The number of anilines is 2. The van der Waals surface area contributed by atoms with Crippen LogP contribution in [-0.4, -0.2) is 42.0 Å². The van der Waals surface area contributed by atoms with Crippen molar-refractivity contribution in [3.8, 4) is 0 Å². The highest BCUT2D eigenvalue weighted by atomic mass is 32.1. The first-order chi connectivity index (χ1) is 10.1. The molecule has 5 nitrogen and oxygen atoms in total. The minimum absolute atomic E-state index is 0.0805. The highest BCUT2D eigenvalue weighted by Crippen LogP contribution is 2.20. The van der Waals surface area contributed by atoms with Gasteiger partial charge in [0.2, 0.25) is 0 Å². The van der Waals surface area contributed by atoms with Gasteiger partial charge in [-0.3, -0.25) is 4.79 Å². The third-order valence-corrected chi connectivity index (χ3v) is 4.61. The van der Waals surface area contributed by atoms with Gasteiger partial charge in [0.25, 0.3) is 5.91 Å². The number of hydrogen-bond donors (Lipinski definition) is 1. The Kier molecular flexibility index (Phi) is 3.79. The van der Waals surface area contributed by atoms with Gasteiger partial charge >= 0.3 is 0 Å². The molecular weight excluding hydrogens is 284 g/mol. The fourth-order valence-corrected chi connectivity index (χ4v) is 3.16. The number of carbonyl (C=O) groups is 1. The number of thiazole rings is 1. The van der Waals surface area contributed by atoms with Crippen LogP contribution in [0.5, 0.6) is 0 Å². The summed E-state index contributed by atoms with van der Waals surface area (Å²) in [6.07, 6.45) is 1.81. The molecule has 2 aromatic rings. The maximum Gasteiger partial charge on any atom is 0.253 e. The van der Waals surface area contributed by atoms with Gasteiger partial charge in [0.1, 0.15) is 0 Å². The molecule has 0 saturated carbocycles. The number of nitrogen functional groups attached to an aromatic ring is 1. The molecule has 1 aromatic carbocycles. The number of hydrogen-bond acceptors (Lipinski definition) is 5. The number of amides is 1. The fourth-order valence-electron chi connectivity index (χ4n) is 2.46. The zero-order chi connectivity index (χ0) is 14.8. The minimum Gasteiger partial charge on any atom is -0.399 e. The lowest BCUT2D eigenvalue weighted by atomic mass is 10.1. The van der Waals surface area contributed by atoms with Crippen LogP contribution in [-0.2, 0) is 0 Å². The summed E-state index contributed by atoms with van der Waals surface area (Å²) in [5.74, 6) is 0.0805. The Morgan fingerprint density at radius 3 is 2.67 bits per heavy atom. The molecule has 1 amide bonds. The van der Waals surface area contributed by atoms with Gasteiger partial charge in [0, 0.05) is 49.0 Å². The van der Waals surface area contributed by atoms with E-state index in [-0.39, 0.29) is 5.91 Å². The SMILES string of the molecule is Cc1cc(C(=O)N2CCN(c3nccs3)CC2)ccc1N. The van der Waals surface area contributed by atoms with E-state index in [1.165, 1.54) is 0 Å².